The Bertz CT molecular complexity index is 360. The van der Waals surface area contributed by atoms with Crippen LogP contribution in [-0.4, -0.2) is 75.8 Å². The van der Waals surface area contributed by atoms with Crippen LogP contribution < -0.4 is 5.32 Å². The molecule has 140 valence electrons. The molecule has 0 saturated carbocycles. The first kappa shape index (κ1) is 19.5. The van der Waals surface area contributed by atoms with Gasteiger partial charge in [-0.3, -0.25) is 4.99 Å². The summed E-state index contributed by atoms with van der Waals surface area (Å²) in [6, 6.07) is 0. The monoisotopic (exact) mass is 338 g/mol. The Hall–Kier alpha value is -0.810. The highest BCUT2D eigenvalue weighted by Crippen LogP contribution is 2.20. The molecule has 2 rings (SSSR count). The van der Waals surface area contributed by atoms with Gasteiger partial charge in [0, 0.05) is 40.4 Å². The third kappa shape index (κ3) is 6.60. The lowest BCUT2D eigenvalue weighted by Crippen LogP contribution is -2.41. The van der Waals surface area contributed by atoms with E-state index in [1.54, 1.807) is 0 Å². The molecule has 2 saturated heterocycles. The molecule has 0 amide bonds. The topological polar surface area (TPSA) is 40.1 Å². The number of rotatable bonds is 7. The van der Waals surface area contributed by atoms with E-state index in [-0.39, 0.29) is 0 Å². The Morgan fingerprint density at radius 3 is 2.42 bits per heavy atom. The van der Waals surface area contributed by atoms with Crippen LogP contribution in [0, 0.1) is 11.8 Å². The van der Waals surface area contributed by atoms with Gasteiger partial charge in [0.1, 0.15) is 0 Å². The standard InChI is InChI=1S/C19H38N4O/c1-4-23-13-7-17(8-14-23)5-11-21-19(20-2)22(3)12-6-18-9-15-24-16-10-18/h17-18H,4-16H2,1-3H3,(H,20,21). The minimum Gasteiger partial charge on any atom is -0.381 e. The van der Waals surface area contributed by atoms with Crippen molar-refractivity contribution in [3.63, 3.8) is 0 Å². The second kappa shape index (κ2) is 10.9. The maximum Gasteiger partial charge on any atom is 0.193 e. The van der Waals surface area contributed by atoms with Gasteiger partial charge in [0.15, 0.2) is 5.96 Å². The highest BCUT2D eigenvalue weighted by molar-refractivity contribution is 5.79. The van der Waals surface area contributed by atoms with Crippen LogP contribution >= 0.6 is 0 Å². The van der Waals surface area contributed by atoms with Crippen LogP contribution in [0.3, 0.4) is 0 Å². The van der Waals surface area contributed by atoms with E-state index in [2.05, 4.69) is 34.1 Å². The highest BCUT2D eigenvalue weighted by atomic mass is 16.5. The van der Waals surface area contributed by atoms with E-state index < -0.39 is 0 Å². The first-order chi connectivity index (χ1) is 11.7. The second-order valence-electron chi connectivity index (χ2n) is 7.41. The molecule has 0 aromatic rings. The molecule has 24 heavy (non-hydrogen) atoms. The minimum atomic E-state index is 0.822. The number of guanidine groups is 1. The highest BCUT2D eigenvalue weighted by Gasteiger charge is 2.18. The van der Waals surface area contributed by atoms with Crippen LogP contribution in [0.15, 0.2) is 4.99 Å². The first-order valence-electron chi connectivity index (χ1n) is 9.94. The molecule has 0 aromatic carbocycles. The number of aliphatic imine (C=N–C) groups is 1. The summed E-state index contributed by atoms with van der Waals surface area (Å²) < 4.78 is 5.45. The quantitative estimate of drug-likeness (QED) is 0.572. The van der Waals surface area contributed by atoms with Crippen LogP contribution in [0.2, 0.25) is 0 Å². The van der Waals surface area contributed by atoms with E-state index in [0.717, 1.165) is 44.1 Å². The molecule has 0 bridgehead atoms. The van der Waals surface area contributed by atoms with Gasteiger partial charge in [0.2, 0.25) is 0 Å². The largest absolute Gasteiger partial charge is 0.381 e. The Kier molecular flexibility index (Phi) is 8.89. The molecule has 2 aliphatic heterocycles. The van der Waals surface area contributed by atoms with Crippen molar-refractivity contribution in [1.82, 2.24) is 15.1 Å². The number of nitrogens with zero attached hydrogens (tertiary/aromatic N) is 3. The zero-order valence-corrected chi connectivity index (χ0v) is 16.1. The van der Waals surface area contributed by atoms with Gasteiger partial charge in [0.05, 0.1) is 0 Å². The van der Waals surface area contributed by atoms with E-state index in [1.165, 1.54) is 58.2 Å². The van der Waals surface area contributed by atoms with Gasteiger partial charge in [-0.2, -0.15) is 0 Å². The molecule has 0 spiro atoms. The summed E-state index contributed by atoms with van der Waals surface area (Å²) in [6.45, 7) is 10.0. The molecule has 0 atom stereocenters. The maximum atomic E-state index is 5.45. The lowest BCUT2D eigenvalue weighted by molar-refractivity contribution is 0.0625. The van der Waals surface area contributed by atoms with Crippen LogP contribution in [0.25, 0.3) is 0 Å². The fraction of sp³-hybridized carbons (Fsp3) is 0.947. The zero-order valence-electron chi connectivity index (χ0n) is 16.1. The molecule has 5 nitrogen and oxygen atoms in total. The van der Waals surface area contributed by atoms with Crippen molar-refractivity contribution in [3.8, 4) is 0 Å². The predicted octanol–water partition coefficient (Wildman–Crippen LogP) is 2.43. The summed E-state index contributed by atoms with van der Waals surface area (Å²) in [5, 5.41) is 3.57. The summed E-state index contributed by atoms with van der Waals surface area (Å²) in [5.74, 6) is 2.75. The summed E-state index contributed by atoms with van der Waals surface area (Å²) in [6.07, 6.45) is 7.66. The van der Waals surface area contributed by atoms with Crippen molar-refractivity contribution in [2.24, 2.45) is 16.8 Å². The Morgan fingerprint density at radius 1 is 1.12 bits per heavy atom. The van der Waals surface area contributed by atoms with E-state index in [9.17, 15) is 0 Å². The smallest absolute Gasteiger partial charge is 0.193 e. The average Bonchev–Trinajstić information content (AvgIpc) is 2.64. The van der Waals surface area contributed by atoms with E-state index in [0.29, 0.717) is 0 Å². The van der Waals surface area contributed by atoms with Crippen molar-refractivity contribution in [2.75, 3.05) is 60.0 Å². The molecule has 0 aromatic heterocycles. The van der Waals surface area contributed by atoms with Crippen molar-refractivity contribution in [3.05, 3.63) is 0 Å². The molecule has 0 aliphatic carbocycles. The van der Waals surface area contributed by atoms with Gasteiger partial charge in [-0.25, -0.2) is 0 Å². The van der Waals surface area contributed by atoms with Crippen LogP contribution in [0.5, 0.6) is 0 Å². The molecule has 5 heteroatoms. The van der Waals surface area contributed by atoms with E-state index >= 15 is 0 Å². The predicted molar refractivity (Wildman–Crippen MR) is 102 cm³/mol. The third-order valence-corrected chi connectivity index (χ3v) is 5.78. The zero-order chi connectivity index (χ0) is 17.2. The summed E-state index contributed by atoms with van der Waals surface area (Å²) in [7, 11) is 4.06. The van der Waals surface area contributed by atoms with E-state index in [1.807, 2.05) is 7.05 Å². The van der Waals surface area contributed by atoms with Gasteiger partial charge in [-0.15, -0.1) is 0 Å². The second-order valence-corrected chi connectivity index (χ2v) is 7.41. The van der Waals surface area contributed by atoms with Gasteiger partial charge >= 0.3 is 0 Å². The molecular formula is C19H38N4O. The van der Waals surface area contributed by atoms with Crippen LogP contribution in [0.1, 0.15) is 45.4 Å². The first-order valence-corrected chi connectivity index (χ1v) is 9.94. The Morgan fingerprint density at radius 2 is 1.79 bits per heavy atom. The molecule has 0 radical (unpaired) electrons. The Balaban J connectivity index is 1.60. The number of hydrogen-bond donors (Lipinski definition) is 1. The molecule has 2 aliphatic rings. The van der Waals surface area contributed by atoms with Crippen molar-refractivity contribution in [1.29, 1.82) is 0 Å². The van der Waals surface area contributed by atoms with Gasteiger partial charge < -0.3 is 19.9 Å². The van der Waals surface area contributed by atoms with Crippen molar-refractivity contribution < 1.29 is 4.74 Å². The van der Waals surface area contributed by atoms with Gasteiger partial charge in [-0.05, 0) is 70.0 Å². The summed E-state index contributed by atoms with van der Waals surface area (Å²) in [4.78, 5) is 9.31. The molecule has 0 unspecified atom stereocenters. The van der Waals surface area contributed by atoms with Gasteiger partial charge in [0.25, 0.3) is 0 Å². The molecular weight excluding hydrogens is 300 g/mol. The fourth-order valence-corrected chi connectivity index (χ4v) is 3.88. The van der Waals surface area contributed by atoms with Crippen molar-refractivity contribution >= 4 is 5.96 Å². The minimum absolute atomic E-state index is 0.822. The molecule has 2 heterocycles. The SMILES string of the molecule is CCN1CCC(CCNC(=NC)N(C)CCC2CCOCC2)CC1. The number of ether oxygens (including phenoxy) is 1. The van der Waals surface area contributed by atoms with Crippen LogP contribution in [0.4, 0.5) is 0 Å². The number of likely N-dealkylation sites (tertiary alicyclic amines) is 1. The normalized spacial score (nSPS) is 21.9. The molecule has 1 N–H and O–H groups in total. The average molecular weight is 339 g/mol. The lowest BCUT2D eigenvalue weighted by Gasteiger charge is -2.31. The number of hydrogen-bond acceptors (Lipinski definition) is 3. The number of piperidine rings is 1. The van der Waals surface area contributed by atoms with E-state index in [4.69, 9.17) is 4.74 Å². The summed E-state index contributed by atoms with van der Waals surface area (Å²) in [5.41, 5.74) is 0. The Labute approximate surface area is 148 Å². The number of nitrogens with one attached hydrogen (secondary N) is 1. The molecule has 2 fully saturated rings. The lowest BCUT2D eigenvalue weighted by atomic mass is 9.93. The van der Waals surface area contributed by atoms with Crippen molar-refractivity contribution in [2.45, 2.75) is 45.4 Å². The maximum absolute atomic E-state index is 5.45. The fourth-order valence-electron chi connectivity index (χ4n) is 3.88. The van der Waals surface area contributed by atoms with Gasteiger partial charge in [-0.1, -0.05) is 6.92 Å². The van der Waals surface area contributed by atoms with Crippen LogP contribution in [-0.2, 0) is 4.74 Å². The third-order valence-electron chi connectivity index (χ3n) is 5.78. The summed E-state index contributed by atoms with van der Waals surface area (Å²) >= 11 is 0.